The minimum atomic E-state index is -0.659. The SMILES string of the molecule is NC(=O)c1c(NC(=O)COC(=O)CCC(=O)c2ccc(Cl)cc2)sc2c1CCCC2. The summed E-state index contributed by atoms with van der Waals surface area (Å²) in [5.74, 6) is -2.02. The predicted molar refractivity (Wildman–Crippen MR) is 114 cm³/mol. The van der Waals surface area contributed by atoms with Crippen molar-refractivity contribution < 1.29 is 23.9 Å². The van der Waals surface area contributed by atoms with Gasteiger partial charge in [-0.15, -0.1) is 11.3 Å². The largest absolute Gasteiger partial charge is 0.456 e. The average molecular weight is 449 g/mol. The molecule has 1 aliphatic carbocycles. The molecule has 0 radical (unpaired) electrons. The number of carbonyl (C=O) groups excluding carboxylic acids is 4. The minimum absolute atomic E-state index is 0.0362. The lowest BCUT2D eigenvalue weighted by Gasteiger charge is -2.11. The first-order valence-corrected chi connectivity index (χ1v) is 10.7. The van der Waals surface area contributed by atoms with Gasteiger partial charge in [-0.1, -0.05) is 11.6 Å². The van der Waals surface area contributed by atoms with Gasteiger partial charge in [0.1, 0.15) is 5.00 Å². The van der Waals surface area contributed by atoms with E-state index in [9.17, 15) is 19.2 Å². The fraction of sp³-hybridized carbons (Fsp3) is 0.333. The van der Waals surface area contributed by atoms with Crippen LogP contribution in [0.25, 0.3) is 0 Å². The Morgan fingerprint density at radius 3 is 2.47 bits per heavy atom. The number of aryl methyl sites for hydroxylation is 1. The quantitative estimate of drug-likeness (QED) is 0.473. The Balaban J connectivity index is 1.49. The van der Waals surface area contributed by atoms with Crippen LogP contribution in [0.1, 0.15) is 56.8 Å². The van der Waals surface area contributed by atoms with Gasteiger partial charge >= 0.3 is 5.97 Å². The molecule has 3 rings (SSSR count). The van der Waals surface area contributed by atoms with Crippen molar-refractivity contribution in [1.82, 2.24) is 0 Å². The first-order valence-electron chi connectivity index (χ1n) is 9.53. The molecule has 0 spiro atoms. The molecule has 30 heavy (non-hydrogen) atoms. The van der Waals surface area contributed by atoms with Crippen molar-refractivity contribution in [3.05, 3.63) is 50.9 Å². The fourth-order valence-electron chi connectivity index (χ4n) is 3.29. The van der Waals surface area contributed by atoms with Crippen LogP contribution in [0.2, 0.25) is 5.02 Å². The van der Waals surface area contributed by atoms with E-state index in [1.165, 1.54) is 11.3 Å². The Labute approximate surface area is 182 Å². The highest BCUT2D eigenvalue weighted by molar-refractivity contribution is 7.17. The van der Waals surface area contributed by atoms with E-state index < -0.39 is 24.4 Å². The third-order valence-electron chi connectivity index (χ3n) is 4.76. The van der Waals surface area contributed by atoms with Gasteiger partial charge in [-0.25, -0.2) is 0 Å². The van der Waals surface area contributed by atoms with Crippen LogP contribution in [-0.2, 0) is 27.2 Å². The van der Waals surface area contributed by atoms with Crippen LogP contribution >= 0.6 is 22.9 Å². The molecule has 1 aromatic carbocycles. The van der Waals surface area contributed by atoms with Crippen LogP contribution in [0.5, 0.6) is 0 Å². The molecule has 0 atom stereocenters. The molecule has 2 aromatic rings. The maximum absolute atomic E-state index is 12.2. The summed E-state index contributed by atoms with van der Waals surface area (Å²) in [5, 5.41) is 3.54. The number of ketones is 1. The van der Waals surface area contributed by atoms with Crippen molar-refractivity contribution in [2.45, 2.75) is 38.5 Å². The molecule has 0 bridgehead atoms. The second kappa shape index (κ2) is 9.86. The molecule has 0 fully saturated rings. The maximum Gasteiger partial charge on any atom is 0.306 e. The fourth-order valence-corrected chi connectivity index (χ4v) is 4.73. The molecular formula is C21H21ClN2O5S. The Morgan fingerprint density at radius 1 is 1.07 bits per heavy atom. The van der Waals surface area contributed by atoms with Crippen molar-refractivity contribution in [3.63, 3.8) is 0 Å². The number of esters is 1. The molecule has 7 nitrogen and oxygen atoms in total. The number of hydrogen-bond acceptors (Lipinski definition) is 6. The van der Waals surface area contributed by atoms with E-state index in [4.69, 9.17) is 22.1 Å². The number of fused-ring (bicyclic) bond motifs is 1. The molecule has 0 saturated heterocycles. The van der Waals surface area contributed by atoms with Gasteiger partial charge in [0.05, 0.1) is 12.0 Å². The number of rotatable bonds is 8. The molecule has 0 aliphatic heterocycles. The van der Waals surface area contributed by atoms with Crippen LogP contribution in [0, 0.1) is 0 Å². The number of ether oxygens (including phenoxy) is 1. The summed E-state index contributed by atoms with van der Waals surface area (Å²) in [4.78, 5) is 49.0. The van der Waals surface area contributed by atoms with Crippen LogP contribution in [0.15, 0.2) is 24.3 Å². The van der Waals surface area contributed by atoms with Crippen molar-refractivity contribution in [3.8, 4) is 0 Å². The molecule has 3 N–H and O–H groups in total. The molecule has 0 unspecified atom stereocenters. The van der Waals surface area contributed by atoms with Gasteiger partial charge in [0.15, 0.2) is 12.4 Å². The maximum atomic E-state index is 12.2. The van der Waals surface area contributed by atoms with Crippen molar-refractivity contribution >= 4 is 51.5 Å². The van der Waals surface area contributed by atoms with E-state index in [1.807, 2.05) is 0 Å². The normalized spacial score (nSPS) is 12.7. The summed E-state index contributed by atoms with van der Waals surface area (Å²) in [6.45, 7) is -0.505. The van der Waals surface area contributed by atoms with Gasteiger partial charge in [-0.2, -0.15) is 0 Å². The summed E-state index contributed by atoms with van der Waals surface area (Å²) in [6.07, 6.45) is 3.44. The van der Waals surface area contributed by atoms with Crippen molar-refractivity contribution in [2.75, 3.05) is 11.9 Å². The lowest BCUT2D eigenvalue weighted by molar-refractivity contribution is -0.147. The molecule has 1 aromatic heterocycles. The predicted octanol–water partition coefficient (Wildman–Crippen LogP) is 3.52. The number of nitrogens with two attached hydrogens (primary N) is 1. The molecule has 1 heterocycles. The molecular weight excluding hydrogens is 428 g/mol. The van der Waals surface area contributed by atoms with Crippen molar-refractivity contribution in [2.24, 2.45) is 5.73 Å². The van der Waals surface area contributed by atoms with Gasteiger partial charge in [0.2, 0.25) is 0 Å². The van der Waals surface area contributed by atoms with E-state index in [1.54, 1.807) is 24.3 Å². The first kappa shape index (κ1) is 22.0. The van der Waals surface area contributed by atoms with Crippen LogP contribution in [-0.4, -0.2) is 30.2 Å². The standard InChI is InChI=1S/C21H21ClN2O5S/c22-13-7-5-12(6-8-13)15(25)9-10-18(27)29-11-17(26)24-21-19(20(23)28)14-3-1-2-4-16(14)30-21/h5-8H,1-4,9-11H2,(H2,23,28)(H,24,26). The van der Waals surface area contributed by atoms with Gasteiger partial charge in [-0.05, 0) is 55.5 Å². The van der Waals surface area contributed by atoms with Gasteiger partial charge in [0, 0.05) is 21.9 Å². The average Bonchev–Trinajstić information content (AvgIpc) is 3.08. The van der Waals surface area contributed by atoms with Gasteiger partial charge < -0.3 is 15.8 Å². The Kier molecular flexibility index (Phi) is 7.23. The zero-order valence-electron chi connectivity index (χ0n) is 16.2. The summed E-state index contributed by atoms with van der Waals surface area (Å²) in [7, 11) is 0. The van der Waals surface area contributed by atoms with Crippen molar-refractivity contribution in [1.29, 1.82) is 0 Å². The third kappa shape index (κ3) is 5.46. The lowest BCUT2D eigenvalue weighted by Crippen LogP contribution is -2.23. The summed E-state index contributed by atoms with van der Waals surface area (Å²) in [5.41, 5.74) is 7.21. The third-order valence-corrected chi connectivity index (χ3v) is 6.22. The number of benzene rings is 1. The van der Waals surface area contributed by atoms with E-state index in [0.717, 1.165) is 36.1 Å². The van der Waals surface area contributed by atoms with Crippen LogP contribution < -0.4 is 11.1 Å². The van der Waals surface area contributed by atoms with E-state index >= 15 is 0 Å². The summed E-state index contributed by atoms with van der Waals surface area (Å²) < 4.78 is 4.95. The zero-order chi connectivity index (χ0) is 21.7. The molecule has 158 valence electrons. The Hall–Kier alpha value is -2.71. The Morgan fingerprint density at radius 2 is 1.77 bits per heavy atom. The Bertz CT molecular complexity index is 984. The zero-order valence-corrected chi connectivity index (χ0v) is 17.7. The number of carbonyl (C=O) groups is 4. The molecule has 1 aliphatic rings. The molecule has 0 saturated carbocycles. The van der Waals surface area contributed by atoms with E-state index in [-0.39, 0.29) is 18.6 Å². The first-order chi connectivity index (χ1) is 14.3. The monoisotopic (exact) mass is 448 g/mol. The number of Topliss-reactive ketones (excluding diaryl/α,β-unsaturated/α-hetero) is 1. The lowest BCUT2D eigenvalue weighted by atomic mass is 9.95. The highest BCUT2D eigenvalue weighted by Gasteiger charge is 2.25. The smallest absolute Gasteiger partial charge is 0.306 e. The minimum Gasteiger partial charge on any atom is -0.456 e. The number of nitrogens with one attached hydrogen (secondary N) is 1. The number of anilines is 1. The molecule has 9 heteroatoms. The highest BCUT2D eigenvalue weighted by atomic mass is 35.5. The molecule has 2 amide bonds. The van der Waals surface area contributed by atoms with Crippen LogP contribution in [0.4, 0.5) is 5.00 Å². The summed E-state index contributed by atoms with van der Waals surface area (Å²) >= 11 is 7.12. The second-order valence-corrected chi connectivity index (χ2v) is 8.46. The number of primary amides is 1. The topological polar surface area (TPSA) is 116 Å². The van der Waals surface area contributed by atoms with Gasteiger partial charge in [-0.3, -0.25) is 19.2 Å². The summed E-state index contributed by atoms with van der Waals surface area (Å²) in [6, 6.07) is 6.36. The van der Waals surface area contributed by atoms with E-state index in [0.29, 0.717) is 21.2 Å². The number of halogens is 1. The number of amides is 2. The number of thiophene rings is 1. The van der Waals surface area contributed by atoms with Crippen LogP contribution in [0.3, 0.4) is 0 Å². The number of hydrogen-bond donors (Lipinski definition) is 2. The van der Waals surface area contributed by atoms with Gasteiger partial charge in [0.25, 0.3) is 11.8 Å². The second-order valence-electron chi connectivity index (χ2n) is 6.92. The van der Waals surface area contributed by atoms with E-state index in [2.05, 4.69) is 5.32 Å². The highest BCUT2D eigenvalue weighted by Crippen LogP contribution is 2.37.